The van der Waals surface area contributed by atoms with Gasteiger partial charge in [0, 0.05) is 6.20 Å². The predicted octanol–water partition coefficient (Wildman–Crippen LogP) is 3.71. The molecule has 124 valence electrons. The van der Waals surface area contributed by atoms with Gasteiger partial charge in [-0.25, -0.2) is 22.5 Å². The van der Waals surface area contributed by atoms with Crippen LogP contribution in [0.3, 0.4) is 0 Å². The van der Waals surface area contributed by atoms with E-state index in [0.717, 1.165) is 12.3 Å². The quantitative estimate of drug-likeness (QED) is 0.585. The Morgan fingerprint density at radius 3 is 2.58 bits per heavy atom. The summed E-state index contributed by atoms with van der Waals surface area (Å²) in [5, 5.41) is 2.16. The Balaban J connectivity index is 2.06. The molecule has 0 aliphatic rings. The van der Waals surface area contributed by atoms with Gasteiger partial charge in [-0.15, -0.1) is 0 Å². The minimum absolute atomic E-state index is 0.00358. The van der Waals surface area contributed by atoms with Crippen molar-refractivity contribution >= 4 is 17.2 Å². The molecule has 1 N–H and O–H groups in total. The fraction of sp³-hybridized carbons (Fsp3) is 0.125. The van der Waals surface area contributed by atoms with E-state index in [-0.39, 0.29) is 5.69 Å². The summed E-state index contributed by atoms with van der Waals surface area (Å²) < 4.78 is 54.6. The number of amides is 1. The van der Waals surface area contributed by atoms with E-state index in [1.165, 1.54) is 16.5 Å². The van der Waals surface area contributed by atoms with Crippen LogP contribution < -0.4 is 5.32 Å². The van der Waals surface area contributed by atoms with Crippen molar-refractivity contribution in [1.29, 1.82) is 0 Å². The van der Waals surface area contributed by atoms with Gasteiger partial charge < -0.3 is 5.32 Å². The number of nitrogens with zero attached hydrogens (tertiary/aromatic N) is 2. The molecule has 3 aromatic rings. The van der Waals surface area contributed by atoms with Crippen LogP contribution in [0.15, 0.2) is 30.5 Å². The molecule has 0 fully saturated rings. The highest BCUT2D eigenvalue weighted by molar-refractivity contribution is 6.04. The smallest absolute Gasteiger partial charge is 0.274 e. The summed E-state index contributed by atoms with van der Waals surface area (Å²) in [4.78, 5) is 16.6. The first-order valence-corrected chi connectivity index (χ1v) is 7.03. The summed E-state index contributed by atoms with van der Waals surface area (Å²) in [6.45, 7) is 1.74. The highest BCUT2D eigenvalue weighted by Crippen LogP contribution is 2.22. The van der Waals surface area contributed by atoms with Crippen molar-refractivity contribution in [2.75, 3.05) is 5.32 Å². The van der Waals surface area contributed by atoms with E-state index in [0.29, 0.717) is 23.8 Å². The summed E-state index contributed by atoms with van der Waals surface area (Å²) in [5.74, 6) is -5.96. The fourth-order valence-corrected chi connectivity index (χ4v) is 2.36. The largest absolute Gasteiger partial charge is 0.318 e. The zero-order valence-electron chi connectivity index (χ0n) is 12.4. The van der Waals surface area contributed by atoms with E-state index >= 15 is 0 Å². The molecule has 0 bridgehead atoms. The zero-order chi connectivity index (χ0) is 17.4. The van der Waals surface area contributed by atoms with Crippen LogP contribution >= 0.6 is 0 Å². The molecule has 4 nitrogen and oxygen atoms in total. The number of benzene rings is 1. The van der Waals surface area contributed by atoms with Crippen molar-refractivity contribution in [1.82, 2.24) is 9.38 Å². The molecule has 2 heterocycles. The van der Waals surface area contributed by atoms with Gasteiger partial charge in [-0.1, -0.05) is 6.92 Å². The number of anilines is 1. The van der Waals surface area contributed by atoms with Gasteiger partial charge in [-0.05, 0) is 30.7 Å². The average molecular weight is 337 g/mol. The molecule has 3 rings (SSSR count). The zero-order valence-corrected chi connectivity index (χ0v) is 12.4. The Morgan fingerprint density at radius 2 is 1.88 bits per heavy atom. The number of carbonyl (C=O) groups is 1. The van der Waals surface area contributed by atoms with Crippen LogP contribution in [-0.4, -0.2) is 15.3 Å². The van der Waals surface area contributed by atoms with Crippen LogP contribution in [0.4, 0.5) is 23.2 Å². The third-order valence-corrected chi connectivity index (χ3v) is 3.49. The van der Waals surface area contributed by atoms with Crippen LogP contribution in [-0.2, 0) is 6.42 Å². The second-order valence-electron chi connectivity index (χ2n) is 5.01. The molecule has 0 spiro atoms. The molecular weight excluding hydrogens is 326 g/mol. The molecule has 0 saturated heterocycles. The number of imidazole rings is 1. The number of halogens is 4. The van der Waals surface area contributed by atoms with Gasteiger partial charge >= 0.3 is 0 Å². The standard InChI is InChI=1S/C16H11F4N3O/c1-2-10-15(23-7-8(17)3-6-12(23)21-10)16(24)22-11-5-4-9(18)13(19)14(11)20/h3-7H,2H2,1H3,(H,22,24). The van der Waals surface area contributed by atoms with E-state index in [9.17, 15) is 22.4 Å². The van der Waals surface area contributed by atoms with Gasteiger partial charge in [-0.3, -0.25) is 9.20 Å². The number of carbonyl (C=O) groups excluding carboxylic acids is 1. The van der Waals surface area contributed by atoms with E-state index < -0.39 is 34.9 Å². The van der Waals surface area contributed by atoms with Crippen molar-refractivity contribution in [3.8, 4) is 0 Å². The molecule has 0 aliphatic carbocycles. The molecule has 0 unspecified atom stereocenters. The maximum Gasteiger partial charge on any atom is 0.274 e. The Morgan fingerprint density at radius 1 is 1.12 bits per heavy atom. The molecule has 1 amide bonds. The normalized spacial score (nSPS) is 11.0. The topological polar surface area (TPSA) is 46.4 Å². The second kappa shape index (κ2) is 5.95. The first kappa shape index (κ1) is 16.0. The van der Waals surface area contributed by atoms with Gasteiger partial charge in [-0.2, -0.15) is 0 Å². The highest BCUT2D eigenvalue weighted by atomic mass is 19.2. The van der Waals surface area contributed by atoms with Crippen molar-refractivity contribution in [2.45, 2.75) is 13.3 Å². The summed E-state index contributed by atoms with van der Waals surface area (Å²) in [6, 6.07) is 4.19. The number of hydrogen-bond acceptors (Lipinski definition) is 2. The fourth-order valence-electron chi connectivity index (χ4n) is 2.36. The lowest BCUT2D eigenvalue weighted by atomic mass is 10.2. The van der Waals surface area contributed by atoms with Crippen molar-refractivity contribution < 1.29 is 22.4 Å². The Labute approximate surface area is 133 Å². The predicted molar refractivity (Wildman–Crippen MR) is 78.8 cm³/mol. The van der Waals surface area contributed by atoms with E-state index in [2.05, 4.69) is 10.3 Å². The third-order valence-electron chi connectivity index (χ3n) is 3.49. The number of aromatic nitrogens is 2. The third kappa shape index (κ3) is 2.60. The summed E-state index contributed by atoms with van der Waals surface area (Å²) >= 11 is 0. The minimum Gasteiger partial charge on any atom is -0.318 e. The average Bonchev–Trinajstić information content (AvgIpc) is 2.93. The van der Waals surface area contributed by atoms with Gasteiger partial charge in [0.2, 0.25) is 0 Å². The van der Waals surface area contributed by atoms with Crippen molar-refractivity contribution in [3.05, 3.63) is 65.1 Å². The Bertz CT molecular complexity index is 952. The van der Waals surface area contributed by atoms with Crippen molar-refractivity contribution in [3.63, 3.8) is 0 Å². The van der Waals surface area contributed by atoms with Crippen LogP contribution in [0.1, 0.15) is 23.1 Å². The lowest BCUT2D eigenvalue weighted by Crippen LogP contribution is -2.17. The number of rotatable bonds is 3. The Kier molecular flexibility index (Phi) is 3.96. The molecule has 0 saturated carbocycles. The number of nitrogens with one attached hydrogen (secondary N) is 1. The van der Waals surface area contributed by atoms with Crippen molar-refractivity contribution in [2.24, 2.45) is 0 Å². The maximum atomic E-state index is 13.7. The summed E-state index contributed by atoms with van der Waals surface area (Å²) in [5.41, 5.74) is 0.175. The molecule has 0 atom stereocenters. The van der Waals surface area contributed by atoms with Gasteiger partial charge in [0.25, 0.3) is 5.91 Å². The van der Waals surface area contributed by atoms with Gasteiger partial charge in [0.05, 0.1) is 11.4 Å². The number of hydrogen-bond donors (Lipinski definition) is 1. The number of pyridine rings is 1. The molecule has 8 heteroatoms. The van der Waals surface area contributed by atoms with E-state index in [1.54, 1.807) is 6.92 Å². The lowest BCUT2D eigenvalue weighted by Gasteiger charge is -2.08. The molecular formula is C16H11F4N3O. The molecule has 24 heavy (non-hydrogen) atoms. The highest BCUT2D eigenvalue weighted by Gasteiger charge is 2.21. The van der Waals surface area contributed by atoms with E-state index in [1.807, 2.05) is 0 Å². The molecule has 2 aromatic heterocycles. The summed E-state index contributed by atoms with van der Waals surface area (Å²) in [7, 11) is 0. The minimum atomic E-state index is -1.69. The van der Waals surface area contributed by atoms with Crippen LogP contribution in [0.25, 0.3) is 5.65 Å². The van der Waals surface area contributed by atoms with E-state index in [4.69, 9.17) is 0 Å². The van der Waals surface area contributed by atoms with Crippen LogP contribution in [0.5, 0.6) is 0 Å². The van der Waals surface area contributed by atoms with Crippen LogP contribution in [0, 0.1) is 23.3 Å². The number of aryl methyl sites for hydroxylation is 1. The molecule has 0 radical (unpaired) electrons. The SMILES string of the molecule is CCc1nc2ccc(F)cn2c1C(=O)Nc1ccc(F)c(F)c1F. The van der Waals surface area contributed by atoms with Gasteiger partial charge in [0.1, 0.15) is 17.2 Å². The van der Waals surface area contributed by atoms with Crippen LogP contribution in [0.2, 0.25) is 0 Å². The first-order chi connectivity index (χ1) is 11.4. The summed E-state index contributed by atoms with van der Waals surface area (Å²) in [6.07, 6.45) is 1.43. The lowest BCUT2D eigenvalue weighted by molar-refractivity contribution is 0.102. The molecule has 1 aromatic carbocycles. The monoisotopic (exact) mass is 337 g/mol. The second-order valence-corrected chi connectivity index (χ2v) is 5.01. The Hall–Kier alpha value is -2.90. The number of fused-ring (bicyclic) bond motifs is 1. The maximum absolute atomic E-state index is 13.7. The van der Waals surface area contributed by atoms with Gasteiger partial charge in [0.15, 0.2) is 17.5 Å². The first-order valence-electron chi connectivity index (χ1n) is 7.03. The molecule has 0 aliphatic heterocycles.